The Hall–Kier alpha value is -0.0600. The first-order valence-corrected chi connectivity index (χ1v) is 7.19. The number of benzene rings is 1. The van der Waals surface area contributed by atoms with Gasteiger partial charge in [-0.2, -0.15) is 0 Å². The van der Waals surface area contributed by atoms with E-state index in [9.17, 15) is 4.79 Å². The van der Waals surface area contributed by atoms with Crippen LogP contribution in [0.4, 0.5) is 0 Å². The molecule has 1 amide bonds. The highest BCUT2D eigenvalue weighted by Crippen LogP contribution is 2.37. The molecule has 86 valence electrons. The third-order valence-corrected chi connectivity index (χ3v) is 4.54. The van der Waals surface area contributed by atoms with Crippen LogP contribution in [0.25, 0.3) is 0 Å². The van der Waals surface area contributed by atoms with E-state index in [2.05, 4.69) is 37.2 Å². The highest BCUT2D eigenvalue weighted by Gasteiger charge is 2.43. The maximum atomic E-state index is 12.0. The fourth-order valence-electron chi connectivity index (χ4n) is 1.42. The van der Waals surface area contributed by atoms with Crippen LogP contribution in [0.1, 0.15) is 23.2 Å². The van der Waals surface area contributed by atoms with Gasteiger partial charge in [-0.15, -0.1) is 0 Å². The zero-order valence-electron chi connectivity index (χ0n) is 8.40. The molecule has 2 rings (SSSR count). The van der Waals surface area contributed by atoms with E-state index in [1.165, 1.54) is 0 Å². The number of alkyl halides is 1. The Balaban J connectivity index is 2.15. The third kappa shape index (κ3) is 2.60. The Morgan fingerprint density at radius 1 is 1.50 bits per heavy atom. The van der Waals surface area contributed by atoms with Crippen LogP contribution in [0.3, 0.4) is 0 Å². The smallest absolute Gasteiger partial charge is 0.253 e. The summed E-state index contributed by atoms with van der Waals surface area (Å²) in [5, 5.41) is 4.27. The molecule has 1 fully saturated rings. The van der Waals surface area contributed by atoms with Crippen molar-refractivity contribution in [2.45, 2.75) is 18.4 Å². The van der Waals surface area contributed by atoms with E-state index in [0.29, 0.717) is 10.6 Å². The zero-order chi connectivity index (χ0) is 11.8. The molecule has 1 aromatic carbocycles. The molecule has 0 bridgehead atoms. The molecule has 0 atom stereocenters. The number of nitrogens with one attached hydrogen (secondary N) is 1. The minimum Gasteiger partial charge on any atom is -0.346 e. The quantitative estimate of drug-likeness (QED) is 0.810. The normalized spacial score (nSPS) is 16.9. The van der Waals surface area contributed by atoms with Crippen molar-refractivity contribution in [2.24, 2.45) is 0 Å². The average molecular weight is 367 g/mol. The van der Waals surface area contributed by atoms with Crippen LogP contribution >= 0.6 is 43.5 Å². The van der Waals surface area contributed by atoms with Crippen LogP contribution < -0.4 is 5.32 Å². The number of hydrogen-bond acceptors (Lipinski definition) is 1. The number of amides is 1. The molecule has 0 spiro atoms. The summed E-state index contributed by atoms with van der Waals surface area (Å²) in [4.78, 5) is 12.0. The third-order valence-electron chi connectivity index (χ3n) is 2.66. The second-order valence-corrected chi connectivity index (χ2v) is 5.88. The summed E-state index contributed by atoms with van der Waals surface area (Å²) in [6.07, 6.45) is 2.05. The zero-order valence-corrected chi connectivity index (χ0v) is 12.3. The van der Waals surface area contributed by atoms with Gasteiger partial charge in [-0.25, -0.2) is 0 Å². The van der Waals surface area contributed by atoms with Crippen molar-refractivity contribution in [1.82, 2.24) is 5.32 Å². The van der Waals surface area contributed by atoms with E-state index >= 15 is 0 Å². The first kappa shape index (κ1) is 12.4. The molecule has 0 heterocycles. The fraction of sp³-hybridized carbons (Fsp3) is 0.364. The van der Waals surface area contributed by atoms with Crippen LogP contribution in [-0.4, -0.2) is 16.8 Å². The molecule has 16 heavy (non-hydrogen) atoms. The van der Waals surface area contributed by atoms with Crippen LogP contribution in [0.2, 0.25) is 5.02 Å². The fourth-order valence-corrected chi connectivity index (χ4v) is 2.88. The Labute approximate surface area is 116 Å². The standard InChI is InChI=1S/C11H10Br2ClNO/c12-6-11(3-4-11)15-10(16)8-2-1-7(13)5-9(8)14/h1-2,5H,3-4,6H2,(H,15,16). The first-order chi connectivity index (χ1) is 7.56. The van der Waals surface area contributed by atoms with Crippen molar-refractivity contribution >= 4 is 49.4 Å². The Bertz CT molecular complexity index is 432. The lowest BCUT2D eigenvalue weighted by Gasteiger charge is -2.14. The van der Waals surface area contributed by atoms with Crippen molar-refractivity contribution in [3.63, 3.8) is 0 Å². The molecule has 0 unspecified atom stereocenters. The van der Waals surface area contributed by atoms with Gasteiger partial charge in [-0.1, -0.05) is 43.5 Å². The highest BCUT2D eigenvalue weighted by molar-refractivity contribution is 9.10. The van der Waals surface area contributed by atoms with E-state index in [1.54, 1.807) is 12.1 Å². The Morgan fingerprint density at radius 2 is 2.19 bits per heavy atom. The summed E-state index contributed by atoms with van der Waals surface area (Å²) in [7, 11) is 0. The number of rotatable bonds is 3. The van der Waals surface area contributed by atoms with Gasteiger partial charge in [0.15, 0.2) is 0 Å². The molecule has 5 heteroatoms. The molecule has 0 aromatic heterocycles. The average Bonchev–Trinajstić information content (AvgIpc) is 2.98. The molecule has 1 saturated carbocycles. The van der Waals surface area contributed by atoms with Crippen molar-refractivity contribution < 1.29 is 4.79 Å². The van der Waals surface area contributed by atoms with Crippen LogP contribution in [0.15, 0.2) is 22.7 Å². The van der Waals surface area contributed by atoms with Crippen molar-refractivity contribution in [3.05, 3.63) is 33.3 Å². The van der Waals surface area contributed by atoms with Crippen LogP contribution in [0, 0.1) is 0 Å². The van der Waals surface area contributed by atoms with E-state index in [1.807, 2.05) is 6.07 Å². The number of carbonyl (C=O) groups excluding carboxylic acids is 1. The van der Waals surface area contributed by atoms with E-state index < -0.39 is 0 Å². The van der Waals surface area contributed by atoms with Gasteiger partial charge >= 0.3 is 0 Å². The maximum absolute atomic E-state index is 12.0. The molecule has 0 saturated heterocycles. The minimum atomic E-state index is -0.102. The van der Waals surface area contributed by atoms with Gasteiger partial charge in [0.25, 0.3) is 5.91 Å². The Kier molecular flexibility index (Phi) is 3.62. The van der Waals surface area contributed by atoms with Crippen LogP contribution in [-0.2, 0) is 0 Å². The molecule has 1 N–H and O–H groups in total. The maximum Gasteiger partial charge on any atom is 0.253 e. The molecular weight excluding hydrogens is 357 g/mol. The summed E-state index contributed by atoms with van der Waals surface area (Å²) in [6, 6.07) is 5.27. The SMILES string of the molecule is O=C(NC1(CBr)CC1)c1ccc(Br)cc1Cl. The molecular formula is C11H10Br2ClNO. The number of hydrogen-bond donors (Lipinski definition) is 1. The molecule has 1 aliphatic rings. The number of carbonyl (C=O) groups is 1. The summed E-state index contributed by atoms with van der Waals surface area (Å²) in [5.41, 5.74) is 0.477. The highest BCUT2D eigenvalue weighted by atomic mass is 79.9. The summed E-state index contributed by atoms with van der Waals surface area (Å²) < 4.78 is 0.871. The first-order valence-electron chi connectivity index (χ1n) is 4.90. The van der Waals surface area contributed by atoms with Gasteiger partial charge in [-0.3, -0.25) is 4.79 Å². The van der Waals surface area contributed by atoms with E-state index in [0.717, 1.165) is 22.6 Å². The van der Waals surface area contributed by atoms with Crippen LogP contribution in [0.5, 0.6) is 0 Å². The largest absolute Gasteiger partial charge is 0.346 e. The van der Waals surface area contributed by atoms with Crippen molar-refractivity contribution in [1.29, 1.82) is 0 Å². The summed E-state index contributed by atoms with van der Waals surface area (Å²) in [6.45, 7) is 0. The monoisotopic (exact) mass is 365 g/mol. The molecule has 2 nitrogen and oxygen atoms in total. The van der Waals surface area contributed by atoms with E-state index in [-0.39, 0.29) is 11.4 Å². The van der Waals surface area contributed by atoms with Gasteiger partial charge in [0.1, 0.15) is 0 Å². The second kappa shape index (κ2) is 4.67. The van der Waals surface area contributed by atoms with Crippen molar-refractivity contribution in [3.8, 4) is 0 Å². The molecule has 0 radical (unpaired) electrons. The van der Waals surface area contributed by atoms with Gasteiger partial charge in [0, 0.05) is 9.80 Å². The van der Waals surface area contributed by atoms with Gasteiger partial charge in [0.2, 0.25) is 0 Å². The minimum absolute atomic E-state index is 0.0481. The Morgan fingerprint density at radius 3 is 2.69 bits per heavy atom. The lowest BCUT2D eigenvalue weighted by Crippen LogP contribution is -2.38. The molecule has 0 aliphatic heterocycles. The molecule has 1 aromatic rings. The second-order valence-electron chi connectivity index (χ2n) is 3.99. The predicted molar refractivity (Wildman–Crippen MR) is 72.4 cm³/mol. The summed E-state index contributed by atoms with van der Waals surface area (Å²) >= 11 is 12.7. The van der Waals surface area contributed by atoms with Gasteiger partial charge in [-0.05, 0) is 31.0 Å². The molecule has 1 aliphatic carbocycles. The van der Waals surface area contributed by atoms with E-state index in [4.69, 9.17) is 11.6 Å². The van der Waals surface area contributed by atoms with Crippen molar-refractivity contribution in [2.75, 3.05) is 5.33 Å². The van der Waals surface area contributed by atoms with Gasteiger partial charge in [0.05, 0.1) is 16.1 Å². The van der Waals surface area contributed by atoms with Gasteiger partial charge < -0.3 is 5.32 Å². The lowest BCUT2D eigenvalue weighted by molar-refractivity contribution is 0.0936. The topological polar surface area (TPSA) is 29.1 Å². The lowest BCUT2D eigenvalue weighted by atomic mass is 10.2. The predicted octanol–water partition coefficient (Wildman–Crippen LogP) is 3.76. The number of halogens is 3. The summed E-state index contributed by atoms with van der Waals surface area (Å²) in [5.74, 6) is -0.102.